The van der Waals surface area contributed by atoms with Gasteiger partial charge in [0, 0.05) is 63.0 Å². The van der Waals surface area contributed by atoms with Gasteiger partial charge >= 0.3 is 0 Å². The molecule has 0 aliphatic rings. The Morgan fingerprint density at radius 2 is 1.09 bits per heavy atom. The second-order valence-electron chi connectivity index (χ2n) is 16.6. The van der Waals surface area contributed by atoms with Crippen molar-refractivity contribution in [1.29, 1.82) is 5.26 Å². The van der Waals surface area contributed by atoms with Gasteiger partial charge in [-0.25, -0.2) is 4.67 Å². The van der Waals surface area contributed by atoms with Crippen LogP contribution in [0, 0.1) is 48.4 Å². The summed E-state index contributed by atoms with van der Waals surface area (Å²) in [4.78, 5) is 55.5. The van der Waals surface area contributed by atoms with E-state index in [9.17, 15) is 19.2 Å². The van der Waals surface area contributed by atoms with Gasteiger partial charge in [0.1, 0.15) is 32.4 Å². The van der Waals surface area contributed by atoms with Gasteiger partial charge in [-0.05, 0) is 99.7 Å². The largest absolute Gasteiger partial charge is 0.379 e. The highest BCUT2D eigenvalue weighted by Crippen LogP contribution is 2.46. The number of primary amides is 1. The fraction of sp³-hybridized carbons (Fsp3) is 0.774. The van der Waals surface area contributed by atoms with Crippen molar-refractivity contribution in [3.8, 4) is 43.1 Å². The number of ether oxygens (including phenoxy) is 6. The Morgan fingerprint density at radius 3 is 1.61 bits per heavy atom. The van der Waals surface area contributed by atoms with Crippen LogP contribution in [0.1, 0.15) is 124 Å². The van der Waals surface area contributed by atoms with Gasteiger partial charge in [-0.3, -0.25) is 14.4 Å². The lowest BCUT2D eigenvalue weighted by molar-refractivity contribution is -0.125. The lowest BCUT2D eigenvalue weighted by Crippen LogP contribution is -2.49. The average molecular weight is 1070 g/mol. The van der Waals surface area contributed by atoms with Crippen LogP contribution in [0.3, 0.4) is 0 Å². The topological polar surface area (TPSA) is 260 Å². The van der Waals surface area contributed by atoms with Crippen LogP contribution in [-0.4, -0.2) is 179 Å². The van der Waals surface area contributed by atoms with E-state index in [-0.39, 0.29) is 50.7 Å². The summed E-state index contributed by atoms with van der Waals surface area (Å²) in [6, 6.07) is 2.85. The number of rotatable bonds is 48. The molecule has 0 fully saturated rings. The second kappa shape index (κ2) is 63.2. The molecule has 0 heterocycles. The second-order valence-corrected chi connectivity index (χ2v) is 18.1. The molecule has 21 heteroatoms. The fourth-order valence-electron chi connectivity index (χ4n) is 6.41. The van der Waals surface area contributed by atoms with Gasteiger partial charge in [0.25, 0.3) is 8.53 Å². The number of carbonyl (C=O) groups excluding carboxylic acids is 5. The van der Waals surface area contributed by atoms with Crippen molar-refractivity contribution in [2.75, 3.05) is 126 Å². The Kier molecular flexibility index (Phi) is 65.3. The molecule has 0 aromatic rings. The number of hydrogen-bond donors (Lipinski definition) is 5. The molecule has 0 aliphatic heterocycles. The molecule has 0 spiro atoms. The van der Waals surface area contributed by atoms with E-state index in [1.54, 1.807) is 0 Å². The number of likely N-dealkylation sites (N-methyl/N-ethyl adjacent to an activating group) is 1. The standard InChI is InChI=1S/C28H44N2O8.C16H34N3O2P.C8H15NO2.CH3NO/c1-3-18-35-22-24-37-20-8-6-12-28(13-9-17-32,30-27(34)10-5-7-16-31)14-11-26(33)29-15-21-38-25-23-36-19-4-2;1-15(2)19(16(3)4)22(21-14-10-11-17)20-13-9-7-6-8-12-18-5;1-3-5-10-7-8-11-6-4-9-2;2-1-3/h1-2,16-17H,5-15,18-25H2,(H,29,33)(H,30,34);15-16,18H,6-10,12-14H2,1-5H3;1,9H,4-8H2,2H3;1H,(H2,2,3). The summed E-state index contributed by atoms with van der Waals surface area (Å²) in [6.07, 6.45) is 26.4. The first-order chi connectivity index (χ1) is 35.9. The van der Waals surface area contributed by atoms with Crippen molar-refractivity contribution in [3.63, 3.8) is 0 Å². The van der Waals surface area contributed by atoms with Crippen LogP contribution in [0.4, 0.5) is 0 Å². The molecule has 2 unspecified atom stereocenters. The SMILES string of the molecule is C#CCOCCOCCCCC(CCC=O)(CCC(=O)NCCOCCOCC#C)NC(=O)CCCC=O.C#CCOCCOCCNC.CNCCCCCCOP(OCCC#N)N(C(C)C)C(C)C.NC=O. The highest BCUT2D eigenvalue weighted by Gasteiger charge is 2.32. The normalized spacial score (nSPS) is 11.6. The summed E-state index contributed by atoms with van der Waals surface area (Å²) in [5, 5.41) is 20.7. The van der Waals surface area contributed by atoms with Gasteiger partial charge in [-0.15, -0.1) is 19.3 Å². The zero-order valence-corrected chi connectivity index (χ0v) is 46.9. The first kappa shape index (κ1) is 76.4. The van der Waals surface area contributed by atoms with E-state index in [1.165, 1.54) is 19.3 Å². The van der Waals surface area contributed by atoms with Gasteiger partial charge < -0.3 is 74.1 Å². The number of unbranched alkanes of at least 4 members (excludes halogenated alkanes) is 5. The van der Waals surface area contributed by atoms with E-state index in [4.69, 9.17) is 66.8 Å². The summed E-state index contributed by atoms with van der Waals surface area (Å²) in [6.45, 7) is 17.3. The maximum absolute atomic E-state index is 12.6. The monoisotopic (exact) mass is 1070 g/mol. The van der Waals surface area contributed by atoms with E-state index in [2.05, 4.69) is 83.2 Å². The summed E-state index contributed by atoms with van der Waals surface area (Å²) < 4.78 is 45.5. The van der Waals surface area contributed by atoms with Crippen molar-refractivity contribution in [2.24, 2.45) is 5.73 Å². The molecular formula is C53H96N7O13P. The lowest BCUT2D eigenvalue weighted by Gasteiger charge is -2.35. The molecule has 0 saturated carbocycles. The fourth-order valence-corrected chi connectivity index (χ4v) is 8.04. The quantitative estimate of drug-likeness (QED) is 0.0241. The molecule has 0 bridgehead atoms. The number of carbonyl (C=O) groups is 5. The minimum atomic E-state index is -1.07. The predicted molar refractivity (Wildman–Crippen MR) is 291 cm³/mol. The van der Waals surface area contributed by atoms with E-state index >= 15 is 0 Å². The van der Waals surface area contributed by atoms with Gasteiger partial charge in [0.2, 0.25) is 18.2 Å². The highest BCUT2D eigenvalue weighted by molar-refractivity contribution is 7.44. The predicted octanol–water partition coefficient (Wildman–Crippen LogP) is 4.62. The van der Waals surface area contributed by atoms with Crippen molar-refractivity contribution < 1.29 is 61.4 Å². The van der Waals surface area contributed by atoms with Crippen molar-refractivity contribution in [2.45, 2.75) is 142 Å². The van der Waals surface area contributed by atoms with Crippen LogP contribution in [0.25, 0.3) is 0 Å². The molecule has 0 aromatic carbocycles. The van der Waals surface area contributed by atoms with E-state index in [0.29, 0.717) is 123 Å². The van der Waals surface area contributed by atoms with E-state index in [0.717, 1.165) is 58.1 Å². The number of nitrogens with zero attached hydrogens (tertiary/aromatic N) is 2. The van der Waals surface area contributed by atoms with E-state index < -0.39 is 14.1 Å². The minimum Gasteiger partial charge on any atom is -0.379 e. The Bertz CT molecular complexity index is 1470. The molecule has 0 radical (unpaired) electrons. The van der Waals surface area contributed by atoms with Gasteiger partial charge in [0.05, 0.1) is 78.6 Å². The van der Waals surface area contributed by atoms with Crippen LogP contribution in [0.2, 0.25) is 0 Å². The third-order valence-electron chi connectivity index (χ3n) is 9.82. The molecule has 0 aromatic heterocycles. The number of terminal acetylenes is 3. The Morgan fingerprint density at radius 1 is 0.595 bits per heavy atom. The Balaban J connectivity index is -0.000000566. The molecule has 0 saturated heterocycles. The zero-order valence-electron chi connectivity index (χ0n) is 46.0. The molecule has 3 amide bonds. The zero-order chi connectivity index (χ0) is 56.0. The van der Waals surface area contributed by atoms with Crippen LogP contribution in [0.5, 0.6) is 0 Å². The first-order valence-electron chi connectivity index (χ1n) is 25.8. The summed E-state index contributed by atoms with van der Waals surface area (Å²) >= 11 is 0. The summed E-state index contributed by atoms with van der Waals surface area (Å²) in [5.41, 5.74) is 3.46. The Labute approximate surface area is 447 Å². The molecular weight excluding hydrogens is 974 g/mol. The number of hydrogen-bond acceptors (Lipinski definition) is 17. The Hall–Kier alpha value is -4.09. The number of nitrogens with one attached hydrogen (secondary N) is 4. The average Bonchev–Trinajstić information content (AvgIpc) is 3.37. The van der Waals surface area contributed by atoms with Gasteiger partial charge in [-0.2, -0.15) is 5.26 Å². The van der Waals surface area contributed by atoms with Crippen LogP contribution in [0.15, 0.2) is 0 Å². The van der Waals surface area contributed by atoms with Crippen molar-refractivity contribution in [3.05, 3.63) is 0 Å². The van der Waals surface area contributed by atoms with E-state index in [1.807, 2.05) is 14.1 Å². The number of amides is 3. The molecule has 2 atom stereocenters. The van der Waals surface area contributed by atoms with Crippen LogP contribution < -0.4 is 27.0 Å². The first-order valence-corrected chi connectivity index (χ1v) is 26.9. The lowest BCUT2D eigenvalue weighted by atomic mass is 9.83. The minimum absolute atomic E-state index is 0.168. The molecule has 0 aliphatic carbocycles. The molecule has 74 heavy (non-hydrogen) atoms. The van der Waals surface area contributed by atoms with Crippen molar-refractivity contribution >= 4 is 39.3 Å². The summed E-state index contributed by atoms with van der Waals surface area (Å²) in [7, 11) is 2.80. The van der Waals surface area contributed by atoms with Gasteiger partial charge in [-0.1, -0.05) is 30.6 Å². The molecule has 426 valence electrons. The van der Waals surface area contributed by atoms with Gasteiger partial charge in [0.15, 0.2) is 0 Å². The van der Waals surface area contributed by atoms with Crippen LogP contribution in [-0.2, 0) is 61.4 Å². The maximum atomic E-state index is 12.6. The highest BCUT2D eigenvalue weighted by atomic mass is 31.2. The molecule has 0 rings (SSSR count). The summed E-state index contributed by atoms with van der Waals surface area (Å²) in [5.74, 6) is 6.77. The smallest absolute Gasteiger partial charge is 0.259 e. The number of aldehydes is 2. The van der Waals surface area contributed by atoms with Crippen molar-refractivity contribution in [1.82, 2.24) is 25.9 Å². The molecule has 20 nitrogen and oxygen atoms in total. The maximum Gasteiger partial charge on any atom is 0.259 e. The van der Waals surface area contributed by atoms with Crippen LogP contribution >= 0.6 is 8.53 Å². The number of nitriles is 1. The third-order valence-corrected chi connectivity index (χ3v) is 11.9. The third kappa shape index (κ3) is 57.2. The molecule has 6 N–H and O–H groups in total. The number of nitrogens with two attached hydrogens (primary N) is 1.